The lowest BCUT2D eigenvalue weighted by Gasteiger charge is -2.07. The summed E-state index contributed by atoms with van der Waals surface area (Å²) in [6, 6.07) is 10.3. The minimum atomic E-state index is -0.382. The van der Waals surface area contributed by atoms with Crippen molar-refractivity contribution in [3.63, 3.8) is 0 Å². The number of hydrogen-bond donors (Lipinski definition) is 2. The third-order valence-corrected chi connectivity index (χ3v) is 3.10. The second kappa shape index (κ2) is 6.78. The van der Waals surface area contributed by atoms with Gasteiger partial charge in [0.05, 0.1) is 12.7 Å². The number of anilines is 4. The van der Waals surface area contributed by atoms with Crippen LogP contribution in [0.3, 0.4) is 0 Å². The molecule has 0 aliphatic carbocycles. The molecule has 0 bridgehead atoms. The monoisotopic (exact) mass is 325 g/mol. The zero-order chi connectivity index (χ0) is 16.9. The van der Waals surface area contributed by atoms with Gasteiger partial charge in [-0.2, -0.15) is 4.98 Å². The summed E-state index contributed by atoms with van der Waals surface area (Å²) in [7, 11) is 1.34. The molecule has 0 amide bonds. The zero-order valence-electron chi connectivity index (χ0n) is 13.1. The number of benzene rings is 1. The average molecular weight is 325 g/mol. The Morgan fingerprint density at radius 2 is 1.92 bits per heavy atom. The van der Waals surface area contributed by atoms with Crippen LogP contribution in [0.5, 0.6) is 0 Å². The predicted octanol–water partition coefficient (Wildman–Crippen LogP) is 3.05. The Labute approximate surface area is 137 Å². The van der Waals surface area contributed by atoms with E-state index in [2.05, 4.69) is 30.5 Å². The Morgan fingerprint density at radius 3 is 2.58 bits per heavy atom. The lowest BCUT2D eigenvalue weighted by Crippen LogP contribution is -2.02. The maximum Gasteiger partial charge on any atom is 0.337 e. The van der Waals surface area contributed by atoms with E-state index >= 15 is 0 Å². The van der Waals surface area contributed by atoms with Crippen LogP contribution in [-0.2, 0) is 4.74 Å². The number of nitrogens with zero attached hydrogens (tertiary/aromatic N) is 3. The van der Waals surface area contributed by atoms with Crippen molar-refractivity contribution in [1.29, 1.82) is 0 Å². The number of carbonyl (C=O) groups excluding carboxylic acids is 1. The molecule has 122 valence electrons. The van der Waals surface area contributed by atoms with E-state index in [4.69, 9.17) is 4.52 Å². The number of rotatable bonds is 5. The smallest absolute Gasteiger partial charge is 0.337 e. The van der Waals surface area contributed by atoms with Crippen LogP contribution in [-0.4, -0.2) is 28.2 Å². The molecule has 0 aliphatic rings. The molecule has 0 unspecified atom stereocenters. The molecule has 3 aromatic rings. The first kappa shape index (κ1) is 15.5. The zero-order valence-corrected chi connectivity index (χ0v) is 13.1. The molecule has 2 heterocycles. The quantitative estimate of drug-likeness (QED) is 0.690. The Hall–Kier alpha value is -3.42. The first-order valence-corrected chi connectivity index (χ1v) is 7.13. The summed E-state index contributed by atoms with van der Waals surface area (Å²) < 4.78 is 9.66. The van der Waals surface area contributed by atoms with E-state index in [0.717, 1.165) is 5.69 Å². The van der Waals surface area contributed by atoms with Crippen LogP contribution >= 0.6 is 0 Å². The van der Waals surface area contributed by atoms with Gasteiger partial charge in [0.2, 0.25) is 5.95 Å². The van der Waals surface area contributed by atoms with Gasteiger partial charge in [0.1, 0.15) is 11.6 Å². The lowest BCUT2D eigenvalue weighted by molar-refractivity contribution is 0.0601. The van der Waals surface area contributed by atoms with E-state index in [-0.39, 0.29) is 5.97 Å². The van der Waals surface area contributed by atoms with Crippen molar-refractivity contribution < 1.29 is 14.1 Å². The summed E-state index contributed by atoms with van der Waals surface area (Å²) >= 11 is 0. The highest BCUT2D eigenvalue weighted by atomic mass is 16.5. The first-order valence-electron chi connectivity index (χ1n) is 7.13. The molecule has 8 nitrogen and oxygen atoms in total. The standard InChI is InChI=1S/C16H15N5O3/c1-10-9-14(21-24-10)19-13-7-8-17-16(20-13)18-12-5-3-11(4-6-12)15(22)23-2/h3-9H,1-2H3,(H2,17,18,19,20,21). The third-order valence-electron chi connectivity index (χ3n) is 3.10. The fraction of sp³-hybridized carbons (Fsp3) is 0.125. The number of methoxy groups -OCH3 is 1. The van der Waals surface area contributed by atoms with Gasteiger partial charge in [0.25, 0.3) is 0 Å². The highest BCUT2D eigenvalue weighted by Gasteiger charge is 2.06. The van der Waals surface area contributed by atoms with Gasteiger partial charge in [-0.3, -0.25) is 0 Å². The average Bonchev–Trinajstić information content (AvgIpc) is 3.00. The molecule has 3 rings (SSSR count). The van der Waals surface area contributed by atoms with Crippen molar-refractivity contribution in [1.82, 2.24) is 15.1 Å². The summed E-state index contributed by atoms with van der Waals surface area (Å²) in [5.41, 5.74) is 1.22. The van der Waals surface area contributed by atoms with Crippen molar-refractivity contribution in [3.05, 3.63) is 53.9 Å². The number of carbonyl (C=O) groups is 1. The minimum Gasteiger partial charge on any atom is -0.465 e. The summed E-state index contributed by atoms with van der Waals surface area (Å²) in [5.74, 6) is 1.88. The van der Waals surface area contributed by atoms with Crippen LogP contribution < -0.4 is 10.6 Å². The lowest BCUT2D eigenvalue weighted by atomic mass is 10.2. The molecule has 24 heavy (non-hydrogen) atoms. The maximum absolute atomic E-state index is 11.4. The molecule has 0 saturated carbocycles. The molecule has 0 atom stereocenters. The largest absolute Gasteiger partial charge is 0.465 e. The van der Waals surface area contributed by atoms with Crippen LogP contribution in [0.25, 0.3) is 0 Å². The van der Waals surface area contributed by atoms with Crippen molar-refractivity contribution >= 4 is 29.2 Å². The molecular weight excluding hydrogens is 310 g/mol. The van der Waals surface area contributed by atoms with Crippen molar-refractivity contribution in [2.24, 2.45) is 0 Å². The molecule has 1 aromatic carbocycles. The predicted molar refractivity (Wildman–Crippen MR) is 87.6 cm³/mol. The molecular formula is C16H15N5O3. The topological polar surface area (TPSA) is 102 Å². The van der Waals surface area contributed by atoms with E-state index in [9.17, 15) is 4.79 Å². The van der Waals surface area contributed by atoms with Gasteiger partial charge < -0.3 is 19.9 Å². The molecule has 0 aliphatic heterocycles. The fourth-order valence-corrected chi connectivity index (χ4v) is 1.98. The number of nitrogens with one attached hydrogen (secondary N) is 2. The van der Waals surface area contributed by atoms with Gasteiger partial charge in [-0.05, 0) is 37.3 Å². The fourth-order valence-electron chi connectivity index (χ4n) is 1.98. The van der Waals surface area contributed by atoms with Crippen molar-refractivity contribution in [3.8, 4) is 0 Å². The Morgan fingerprint density at radius 1 is 1.12 bits per heavy atom. The summed E-state index contributed by atoms with van der Waals surface area (Å²) in [6.45, 7) is 1.81. The molecule has 0 saturated heterocycles. The van der Waals surface area contributed by atoms with Gasteiger partial charge in [0, 0.05) is 18.0 Å². The van der Waals surface area contributed by atoms with Gasteiger partial charge in [0.15, 0.2) is 5.82 Å². The van der Waals surface area contributed by atoms with Crippen LogP contribution in [0.1, 0.15) is 16.1 Å². The maximum atomic E-state index is 11.4. The molecule has 0 fully saturated rings. The molecule has 2 aromatic heterocycles. The van der Waals surface area contributed by atoms with Gasteiger partial charge in [-0.25, -0.2) is 9.78 Å². The summed E-state index contributed by atoms with van der Waals surface area (Å²) in [4.78, 5) is 19.9. The Kier molecular flexibility index (Phi) is 4.37. The third kappa shape index (κ3) is 3.67. The molecule has 0 radical (unpaired) electrons. The van der Waals surface area contributed by atoms with Crippen LogP contribution in [0.4, 0.5) is 23.3 Å². The van der Waals surface area contributed by atoms with E-state index in [1.807, 2.05) is 6.92 Å². The normalized spacial score (nSPS) is 10.2. The van der Waals surface area contributed by atoms with Crippen LogP contribution in [0, 0.1) is 6.92 Å². The molecule has 0 spiro atoms. The number of ether oxygens (including phenoxy) is 1. The van der Waals surface area contributed by atoms with Crippen LogP contribution in [0.15, 0.2) is 47.1 Å². The highest BCUT2D eigenvalue weighted by Crippen LogP contribution is 2.18. The van der Waals surface area contributed by atoms with Crippen molar-refractivity contribution in [2.45, 2.75) is 6.92 Å². The summed E-state index contributed by atoms with van der Waals surface area (Å²) in [5, 5.41) is 9.93. The van der Waals surface area contributed by atoms with E-state index in [1.54, 1.807) is 42.6 Å². The minimum absolute atomic E-state index is 0.382. The van der Waals surface area contributed by atoms with Gasteiger partial charge >= 0.3 is 5.97 Å². The SMILES string of the molecule is COC(=O)c1ccc(Nc2nccc(Nc3cc(C)on3)n2)cc1. The highest BCUT2D eigenvalue weighted by molar-refractivity contribution is 5.89. The van der Waals surface area contributed by atoms with E-state index < -0.39 is 0 Å². The molecule has 2 N–H and O–H groups in total. The second-order valence-electron chi connectivity index (χ2n) is 4.91. The number of aryl methyl sites for hydroxylation is 1. The first-order chi connectivity index (χ1) is 11.6. The number of hydrogen-bond acceptors (Lipinski definition) is 8. The summed E-state index contributed by atoms with van der Waals surface area (Å²) in [6.07, 6.45) is 1.62. The Balaban J connectivity index is 1.71. The second-order valence-corrected chi connectivity index (χ2v) is 4.91. The van der Waals surface area contributed by atoms with Gasteiger partial charge in [-0.1, -0.05) is 5.16 Å². The molecule has 8 heteroatoms. The van der Waals surface area contributed by atoms with E-state index in [0.29, 0.717) is 28.9 Å². The van der Waals surface area contributed by atoms with Crippen molar-refractivity contribution in [2.75, 3.05) is 17.7 Å². The van der Waals surface area contributed by atoms with Crippen LogP contribution in [0.2, 0.25) is 0 Å². The van der Waals surface area contributed by atoms with Gasteiger partial charge in [-0.15, -0.1) is 0 Å². The Bertz CT molecular complexity index is 845. The number of aromatic nitrogens is 3. The van der Waals surface area contributed by atoms with E-state index in [1.165, 1.54) is 7.11 Å². The number of esters is 1.